The van der Waals surface area contributed by atoms with E-state index in [9.17, 15) is 14.4 Å². The maximum Gasteiger partial charge on any atom is 0.320 e. The minimum Gasteiger partial charge on any atom is -0.496 e. The highest BCUT2D eigenvalue weighted by molar-refractivity contribution is 7.98. The van der Waals surface area contributed by atoms with Crippen molar-refractivity contribution in [2.75, 3.05) is 58.4 Å². The summed E-state index contributed by atoms with van der Waals surface area (Å²) >= 11 is 1.63. The van der Waals surface area contributed by atoms with Gasteiger partial charge in [0.15, 0.2) is 0 Å². The first-order valence-corrected chi connectivity index (χ1v) is 12.1. The van der Waals surface area contributed by atoms with Crippen LogP contribution in [-0.4, -0.2) is 97.0 Å². The number of hydrogen-bond acceptors (Lipinski definition) is 5. The molecule has 0 aromatic heterocycles. The number of methoxy groups -OCH3 is 1. The zero-order valence-electron chi connectivity index (χ0n) is 18.9. The number of para-hydroxylation sites is 1. The van der Waals surface area contributed by atoms with Crippen molar-refractivity contribution in [2.45, 2.75) is 26.3 Å². The number of thioether (sulfide) groups is 1. The van der Waals surface area contributed by atoms with Gasteiger partial charge in [-0.05, 0) is 44.4 Å². The molecule has 1 aromatic carbocycles. The fourth-order valence-corrected chi connectivity index (χ4v) is 4.07. The van der Waals surface area contributed by atoms with Gasteiger partial charge in [-0.3, -0.25) is 9.59 Å². The lowest BCUT2D eigenvalue weighted by atomic mass is 10.1. The molecule has 1 saturated heterocycles. The Balaban J connectivity index is 2.03. The second-order valence-corrected chi connectivity index (χ2v) is 8.26. The van der Waals surface area contributed by atoms with Gasteiger partial charge in [0, 0.05) is 39.3 Å². The zero-order chi connectivity index (χ0) is 22.8. The van der Waals surface area contributed by atoms with Gasteiger partial charge in [-0.15, -0.1) is 0 Å². The molecular weight excluding hydrogens is 416 g/mol. The van der Waals surface area contributed by atoms with Crippen molar-refractivity contribution in [3.63, 3.8) is 0 Å². The molecule has 1 aromatic rings. The lowest BCUT2D eigenvalue weighted by Gasteiger charge is -2.38. The number of carbonyl (C=O) groups is 3. The number of nitrogens with one attached hydrogen (secondary N) is 1. The lowest BCUT2D eigenvalue weighted by molar-refractivity contribution is -0.134. The quantitative estimate of drug-likeness (QED) is 0.623. The Labute approximate surface area is 189 Å². The molecule has 1 fully saturated rings. The average molecular weight is 451 g/mol. The molecule has 0 aliphatic carbocycles. The van der Waals surface area contributed by atoms with Crippen LogP contribution in [0.15, 0.2) is 24.3 Å². The van der Waals surface area contributed by atoms with E-state index in [1.54, 1.807) is 50.7 Å². The van der Waals surface area contributed by atoms with E-state index in [2.05, 4.69) is 5.32 Å². The van der Waals surface area contributed by atoms with E-state index >= 15 is 0 Å². The highest BCUT2D eigenvalue weighted by Gasteiger charge is 2.31. The number of amides is 4. The molecule has 1 aliphatic rings. The second-order valence-electron chi connectivity index (χ2n) is 7.28. The summed E-state index contributed by atoms with van der Waals surface area (Å²) in [4.78, 5) is 43.9. The van der Waals surface area contributed by atoms with Gasteiger partial charge in [-0.25, -0.2) is 4.79 Å². The average Bonchev–Trinajstić information content (AvgIpc) is 2.81. The fourth-order valence-electron chi connectivity index (χ4n) is 3.59. The van der Waals surface area contributed by atoms with Gasteiger partial charge in [0.05, 0.1) is 12.7 Å². The number of piperazine rings is 1. The van der Waals surface area contributed by atoms with E-state index in [0.717, 1.165) is 5.75 Å². The van der Waals surface area contributed by atoms with Crippen molar-refractivity contribution in [2.24, 2.45) is 0 Å². The van der Waals surface area contributed by atoms with E-state index in [0.29, 0.717) is 57.0 Å². The van der Waals surface area contributed by atoms with Crippen molar-refractivity contribution < 1.29 is 19.1 Å². The molecule has 4 amide bonds. The highest BCUT2D eigenvalue weighted by Crippen LogP contribution is 2.18. The number of ether oxygens (including phenoxy) is 1. The third kappa shape index (κ3) is 6.53. The maximum atomic E-state index is 13.2. The molecule has 1 atom stereocenters. The van der Waals surface area contributed by atoms with Gasteiger partial charge < -0.3 is 24.8 Å². The molecule has 1 N–H and O–H groups in total. The summed E-state index contributed by atoms with van der Waals surface area (Å²) in [5.41, 5.74) is 0.404. The minimum absolute atomic E-state index is 0.0144. The highest BCUT2D eigenvalue weighted by atomic mass is 32.2. The Morgan fingerprint density at radius 3 is 2.29 bits per heavy atom. The van der Waals surface area contributed by atoms with Crippen LogP contribution in [0.25, 0.3) is 0 Å². The van der Waals surface area contributed by atoms with Crippen LogP contribution in [0.1, 0.15) is 30.6 Å². The van der Waals surface area contributed by atoms with E-state index in [1.807, 2.05) is 20.1 Å². The van der Waals surface area contributed by atoms with Crippen LogP contribution in [-0.2, 0) is 4.79 Å². The van der Waals surface area contributed by atoms with Crippen molar-refractivity contribution in [1.29, 1.82) is 0 Å². The van der Waals surface area contributed by atoms with Crippen molar-refractivity contribution in [3.05, 3.63) is 29.8 Å². The van der Waals surface area contributed by atoms with E-state index in [-0.39, 0.29) is 17.8 Å². The molecule has 31 heavy (non-hydrogen) atoms. The molecule has 8 nitrogen and oxygen atoms in total. The van der Waals surface area contributed by atoms with Crippen molar-refractivity contribution in [1.82, 2.24) is 20.0 Å². The van der Waals surface area contributed by atoms with E-state index < -0.39 is 6.04 Å². The monoisotopic (exact) mass is 450 g/mol. The van der Waals surface area contributed by atoms with Crippen LogP contribution in [0.4, 0.5) is 4.79 Å². The summed E-state index contributed by atoms with van der Waals surface area (Å²) in [5.74, 6) is 0.794. The van der Waals surface area contributed by atoms with Crippen molar-refractivity contribution in [3.8, 4) is 5.75 Å². The normalized spacial score (nSPS) is 14.7. The molecule has 1 heterocycles. The third-order valence-electron chi connectivity index (χ3n) is 5.46. The Morgan fingerprint density at radius 1 is 1.10 bits per heavy atom. The Morgan fingerprint density at radius 2 is 1.71 bits per heavy atom. The van der Waals surface area contributed by atoms with E-state index in [4.69, 9.17) is 4.74 Å². The predicted molar refractivity (Wildman–Crippen MR) is 124 cm³/mol. The maximum absolute atomic E-state index is 13.2. The molecular formula is C22H34N4O4S. The molecule has 1 unspecified atom stereocenters. The lowest BCUT2D eigenvalue weighted by Crippen LogP contribution is -2.57. The van der Waals surface area contributed by atoms with Crippen LogP contribution >= 0.6 is 11.8 Å². The van der Waals surface area contributed by atoms with Gasteiger partial charge in [-0.1, -0.05) is 12.1 Å². The van der Waals surface area contributed by atoms with Gasteiger partial charge in [0.1, 0.15) is 11.8 Å². The largest absolute Gasteiger partial charge is 0.496 e. The summed E-state index contributed by atoms with van der Waals surface area (Å²) in [5, 5.41) is 2.90. The van der Waals surface area contributed by atoms with Gasteiger partial charge in [0.25, 0.3) is 5.91 Å². The first-order chi connectivity index (χ1) is 15.0. The third-order valence-corrected chi connectivity index (χ3v) is 6.11. The molecule has 0 saturated carbocycles. The summed E-state index contributed by atoms with van der Waals surface area (Å²) < 4.78 is 5.28. The molecule has 2 rings (SSSR count). The summed E-state index contributed by atoms with van der Waals surface area (Å²) in [6, 6.07) is 6.37. The first-order valence-electron chi connectivity index (χ1n) is 10.7. The number of carbonyl (C=O) groups excluding carboxylic acids is 3. The topological polar surface area (TPSA) is 82.2 Å². The Bertz CT molecular complexity index is 749. The molecule has 0 radical (unpaired) electrons. The second kappa shape index (κ2) is 12.4. The van der Waals surface area contributed by atoms with Crippen LogP contribution in [0, 0.1) is 0 Å². The summed E-state index contributed by atoms with van der Waals surface area (Å²) in [7, 11) is 1.52. The van der Waals surface area contributed by atoms with E-state index in [1.165, 1.54) is 7.11 Å². The molecule has 0 spiro atoms. The molecule has 1 aliphatic heterocycles. The number of rotatable bonds is 9. The fraction of sp³-hybridized carbons (Fsp3) is 0.591. The van der Waals surface area contributed by atoms with Gasteiger partial charge >= 0.3 is 6.03 Å². The SMILES string of the molecule is CCN(CC)C(=O)N1CCN(C(=O)C(CCSC)NC(=O)c2ccccc2OC)CC1. The van der Waals surface area contributed by atoms with Gasteiger partial charge in [-0.2, -0.15) is 11.8 Å². The van der Waals surface area contributed by atoms with Crippen LogP contribution in [0.3, 0.4) is 0 Å². The zero-order valence-corrected chi connectivity index (χ0v) is 19.7. The van der Waals surface area contributed by atoms with Crippen LogP contribution in [0.2, 0.25) is 0 Å². The molecule has 0 bridgehead atoms. The number of hydrogen-bond donors (Lipinski definition) is 1. The number of urea groups is 1. The Hall–Kier alpha value is -2.42. The van der Waals surface area contributed by atoms with Crippen molar-refractivity contribution >= 4 is 29.6 Å². The first kappa shape index (κ1) is 24.8. The standard InChI is InChI=1S/C22H34N4O4S/c1-5-24(6-2)22(29)26-14-12-25(13-15-26)21(28)18(11-16-31-4)23-20(27)17-9-7-8-10-19(17)30-3/h7-10,18H,5-6,11-16H2,1-4H3,(H,23,27). The summed E-state index contributed by atoms with van der Waals surface area (Å²) in [6.45, 7) is 7.18. The number of benzene rings is 1. The Kier molecular flexibility index (Phi) is 9.97. The smallest absolute Gasteiger partial charge is 0.320 e. The summed E-state index contributed by atoms with van der Waals surface area (Å²) in [6.07, 6.45) is 2.51. The number of nitrogens with zero attached hydrogens (tertiary/aromatic N) is 3. The van der Waals surface area contributed by atoms with Crippen LogP contribution in [0.5, 0.6) is 5.75 Å². The van der Waals surface area contributed by atoms with Crippen LogP contribution < -0.4 is 10.1 Å². The minimum atomic E-state index is -0.616. The molecule has 172 valence electrons. The van der Waals surface area contributed by atoms with Gasteiger partial charge in [0.2, 0.25) is 5.91 Å². The predicted octanol–water partition coefficient (Wildman–Crippen LogP) is 2.15. The molecule has 9 heteroatoms.